The van der Waals surface area contributed by atoms with Gasteiger partial charge in [0.1, 0.15) is 0 Å². The van der Waals surface area contributed by atoms with Crippen LogP contribution in [0.25, 0.3) is 11.0 Å². The molecule has 0 fully saturated rings. The number of nitrogens with zero attached hydrogens (tertiary/aromatic N) is 3. The number of rotatable bonds is 7. The normalized spacial score (nSPS) is 11.6. The minimum Gasteiger partial charge on any atom is -0.370 e. The van der Waals surface area contributed by atoms with Crippen molar-refractivity contribution < 1.29 is 0 Å². The standard InChI is InChI=1S/C21H27N5.HI/c1-16(2)11-12-23-21(22)24-13-17-7-9-18(10-8-17)14-26-15-25-19-5-3-4-6-20(19)26;/h3-10,15-16H,11-14H2,1-2H3,(H3,22,23,24);1H. The molecule has 0 spiro atoms. The van der Waals surface area contributed by atoms with Crippen molar-refractivity contribution in [1.82, 2.24) is 14.9 Å². The first kappa shape index (κ1) is 21.2. The summed E-state index contributed by atoms with van der Waals surface area (Å²) in [6, 6.07) is 16.7. The molecule has 6 heteroatoms. The number of para-hydroxylation sites is 2. The lowest BCUT2D eigenvalue weighted by molar-refractivity contribution is 0.576. The number of nitrogens with one attached hydrogen (secondary N) is 1. The van der Waals surface area contributed by atoms with Crippen molar-refractivity contribution in [3.05, 3.63) is 66.0 Å². The number of imidazole rings is 1. The Hall–Kier alpha value is -2.09. The molecule has 0 radical (unpaired) electrons. The summed E-state index contributed by atoms with van der Waals surface area (Å²) in [5, 5.41) is 3.16. The SMILES string of the molecule is CC(C)CCNC(N)=NCc1ccc(Cn2cnc3ccccc32)cc1.I. The number of hydrogen-bond acceptors (Lipinski definition) is 2. The fourth-order valence-corrected chi connectivity index (χ4v) is 2.80. The number of aliphatic imine (C=N–C) groups is 1. The zero-order valence-electron chi connectivity index (χ0n) is 15.9. The van der Waals surface area contributed by atoms with Crippen LogP contribution in [0.5, 0.6) is 0 Å². The van der Waals surface area contributed by atoms with Gasteiger partial charge in [-0.25, -0.2) is 9.98 Å². The molecular weight excluding hydrogens is 449 g/mol. The summed E-state index contributed by atoms with van der Waals surface area (Å²) in [5.41, 5.74) is 10.5. The molecule has 0 atom stereocenters. The van der Waals surface area contributed by atoms with E-state index in [0.29, 0.717) is 18.4 Å². The monoisotopic (exact) mass is 477 g/mol. The summed E-state index contributed by atoms with van der Waals surface area (Å²) in [6.45, 7) is 6.66. The molecule has 3 rings (SSSR count). The molecule has 3 N–H and O–H groups in total. The van der Waals surface area contributed by atoms with Crippen molar-refractivity contribution in [2.45, 2.75) is 33.4 Å². The van der Waals surface area contributed by atoms with E-state index < -0.39 is 0 Å². The molecule has 0 saturated carbocycles. The maximum atomic E-state index is 5.91. The van der Waals surface area contributed by atoms with Gasteiger partial charge >= 0.3 is 0 Å². The Kier molecular flexibility index (Phi) is 8.09. The summed E-state index contributed by atoms with van der Waals surface area (Å²) in [5.74, 6) is 1.18. The zero-order valence-corrected chi connectivity index (χ0v) is 18.3. The lowest BCUT2D eigenvalue weighted by Crippen LogP contribution is -2.32. The van der Waals surface area contributed by atoms with Crippen LogP contribution in [0.2, 0.25) is 0 Å². The van der Waals surface area contributed by atoms with E-state index in [1.165, 1.54) is 5.56 Å². The molecule has 5 nitrogen and oxygen atoms in total. The highest BCUT2D eigenvalue weighted by Crippen LogP contribution is 2.14. The minimum atomic E-state index is 0. The lowest BCUT2D eigenvalue weighted by Gasteiger charge is -2.08. The van der Waals surface area contributed by atoms with Crippen LogP contribution in [0, 0.1) is 5.92 Å². The molecule has 144 valence electrons. The molecule has 27 heavy (non-hydrogen) atoms. The van der Waals surface area contributed by atoms with E-state index in [2.05, 4.69) is 64.0 Å². The number of nitrogens with two attached hydrogens (primary N) is 1. The van der Waals surface area contributed by atoms with E-state index >= 15 is 0 Å². The zero-order chi connectivity index (χ0) is 18.4. The van der Waals surface area contributed by atoms with Crippen molar-refractivity contribution in [1.29, 1.82) is 0 Å². The average Bonchev–Trinajstić information content (AvgIpc) is 3.04. The number of hydrogen-bond donors (Lipinski definition) is 2. The minimum absolute atomic E-state index is 0. The summed E-state index contributed by atoms with van der Waals surface area (Å²) < 4.78 is 2.17. The third-order valence-corrected chi connectivity index (χ3v) is 4.36. The Morgan fingerprint density at radius 2 is 1.81 bits per heavy atom. The van der Waals surface area contributed by atoms with E-state index in [4.69, 9.17) is 5.73 Å². The van der Waals surface area contributed by atoms with Crippen LogP contribution in [-0.4, -0.2) is 22.1 Å². The predicted octanol–water partition coefficient (Wildman–Crippen LogP) is 4.15. The van der Waals surface area contributed by atoms with Gasteiger partial charge in [0, 0.05) is 13.1 Å². The van der Waals surface area contributed by atoms with Gasteiger partial charge < -0.3 is 15.6 Å². The highest BCUT2D eigenvalue weighted by molar-refractivity contribution is 14.0. The topological polar surface area (TPSA) is 68.2 Å². The maximum Gasteiger partial charge on any atom is 0.188 e. The number of aromatic nitrogens is 2. The first-order valence-corrected chi connectivity index (χ1v) is 9.13. The quantitative estimate of drug-likeness (QED) is 0.305. The Labute approximate surface area is 178 Å². The molecule has 0 unspecified atom stereocenters. The van der Waals surface area contributed by atoms with E-state index in [9.17, 15) is 0 Å². The highest BCUT2D eigenvalue weighted by atomic mass is 127. The number of guanidine groups is 1. The van der Waals surface area contributed by atoms with Crippen LogP contribution in [0.1, 0.15) is 31.4 Å². The van der Waals surface area contributed by atoms with Gasteiger partial charge in [-0.15, -0.1) is 24.0 Å². The largest absolute Gasteiger partial charge is 0.370 e. The lowest BCUT2D eigenvalue weighted by atomic mass is 10.1. The molecule has 0 aliphatic carbocycles. The molecule has 2 aromatic carbocycles. The van der Waals surface area contributed by atoms with E-state index in [1.807, 2.05) is 24.5 Å². The molecule has 0 aliphatic heterocycles. The Bertz CT molecular complexity index is 868. The van der Waals surface area contributed by atoms with Gasteiger partial charge in [-0.05, 0) is 35.6 Å². The third-order valence-electron chi connectivity index (χ3n) is 4.36. The van der Waals surface area contributed by atoms with Crippen molar-refractivity contribution >= 4 is 41.0 Å². The predicted molar refractivity (Wildman–Crippen MR) is 123 cm³/mol. The average molecular weight is 477 g/mol. The van der Waals surface area contributed by atoms with Gasteiger partial charge in [0.05, 0.1) is 23.9 Å². The molecule has 0 amide bonds. The number of benzene rings is 2. The van der Waals surface area contributed by atoms with Crippen molar-refractivity contribution in [2.75, 3.05) is 6.54 Å². The molecule has 0 saturated heterocycles. The fraction of sp³-hybridized carbons (Fsp3) is 0.333. The Morgan fingerprint density at radius 3 is 2.56 bits per heavy atom. The summed E-state index contributed by atoms with van der Waals surface area (Å²) in [4.78, 5) is 8.85. The second-order valence-electron chi connectivity index (χ2n) is 6.99. The fourth-order valence-electron chi connectivity index (χ4n) is 2.80. The summed E-state index contributed by atoms with van der Waals surface area (Å²) in [6.07, 6.45) is 2.99. The first-order chi connectivity index (χ1) is 12.6. The smallest absolute Gasteiger partial charge is 0.188 e. The second-order valence-corrected chi connectivity index (χ2v) is 6.99. The van der Waals surface area contributed by atoms with Crippen LogP contribution in [0.15, 0.2) is 59.9 Å². The summed E-state index contributed by atoms with van der Waals surface area (Å²) in [7, 11) is 0. The van der Waals surface area contributed by atoms with Crippen LogP contribution in [-0.2, 0) is 13.1 Å². The van der Waals surface area contributed by atoms with E-state index in [0.717, 1.165) is 36.1 Å². The maximum absolute atomic E-state index is 5.91. The summed E-state index contributed by atoms with van der Waals surface area (Å²) >= 11 is 0. The molecule has 0 aliphatic rings. The molecule has 3 aromatic rings. The molecule has 1 heterocycles. The Morgan fingerprint density at radius 1 is 1.11 bits per heavy atom. The second kappa shape index (κ2) is 10.3. The Balaban J connectivity index is 0.00000261. The number of halogens is 1. The first-order valence-electron chi connectivity index (χ1n) is 9.13. The van der Waals surface area contributed by atoms with Gasteiger partial charge in [0.15, 0.2) is 5.96 Å². The molecule has 1 aromatic heterocycles. The third kappa shape index (κ3) is 6.23. The molecular formula is C21H28IN5. The van der Waals surface area contributed by atoms with Crippen molar-refractivity contribution in [3.8, 4) is 0 Å². The van der Waals surface area contributed by atoms with E-state index in [-0.39, 0.29) is 24.0 Å². The van der Waals surface area contributed by atoms with Crippen LogP contribution in [0.4, 0.5) is 0 Å². The van der Waals surface area contributed by atoms with Gasteiger partial charge in [0.25, 0.3) is 0 Å². The van der Waals surface area contributed by atoms with Crippen LogP contribution >= 0.6 is 24.0 Å². The van der Waals surface area contributed by atoms with E-state index in [1.54, 1.807) is 0 Å². The molecule has 0 bridgehead atoms. The highest BCUT2D eigenvalue weighted by Gasteiger charge is 2.02. The van der Waals surface area contributed by atoms with Gasteiger partial charge in [-0.1, -0.05) is 50.2 Å². The van der Waals surface area contributed by atoms with Crippen molar-refractivity contribution in [3.63, 3.8) is 0 Å². The van der Waals surface area contributed by atoms with Gasteiger partial charge in [-0.2, -0.15) is 0 Å². The van der Waals surface area contributed by atoms with Gasteiger partial charge in [-0.3, -0.25) is 0 Å². The van der Waals surface area contributed by atoms with Crippen molar-refractivity contribution in [2.24, 2.45) is 16.6 Å². The number of fused-ring (bicyclic) bond motifs is 1. The van der Waals surface area contributed by atoms with Crippen LogP contribution in [0.3, 0.4) is 0 Å². The van der Waals surface area contributed by atoms with Gasteiger partial charge in [0.2, 0.25) is 0 Å². The van der Waals surface area contributed by atoms with Crippen LogP contribution < -0.4 is 11.1 Å².